The molecule has 0 aromatic heterocycles. The van der Waals surface area contributed by atoms with Crippen molar-refractivity contribution in [1.82, 2.24) is 0 Å². The molecular formula is C22H41NO4Si. The molecule has 162 valence electrons. The average molecular weight is 412 g/mol. The van der Waals surface area contributed by atoms with Crippen LogP contribution in [-0.4, -0.2) is 38.5 Å². The van der Waals surface area contributed by atoms with Gasteiger partial charge in [0.05, 0.1) is 6.10 Å². The molecule has 0 aromatic carbocycles. The zero-order chi connectivity index (χ0) is 20.4. The average Bonchev–Trinajstić information content (AvgIpc) is 2.70. The van der Waals surface area contributed by atoms with Crippen molar-refractivity contribution in [2.24, 2.45) is 5.92 Å². The highest BCUT2D eigenvalue weighted by Gasteiger charge is 2.45. The largest absolute Gasteiger partial charge is 0.367 e. The number of carbonyl (C=O) groups excluding carboxylic acids is 1. The van der Waals surface area contributed by atoms with Crippen LogP contribution in [-0.2, 0) is 9.53 Å². The van der Waals surface area contributed by atoms with Crippen molar-refractivity contribution >= 4 is 15.3 Å². The number of rotatable bonds is 15. The lowest BCUT2D eigenvalue weighted by atomic mass is 9.77. The zero-order valence-corrected chi connectivity index (χ0v) is 19.5. The number of carbonyl (C=O) groups is 1. The maximum absolute atomic E-state index is 12.8. The van der Waals surface area contributed by atoms with Gasteiger partial charge in [0.25, 0.3) is 0 Å². The molecule has 2 bridgehead atoms. The number of Topliss-reactive ketones (excluding diaryl/α,β-unsaturated/α-hetero) is 1. The summed E-state index contributed by atoms with van der Waals surface area (Å²) in [6, 6.07) is 0.829. The van der Waals surface area contributed by atoms with E-state index < -0.39 is 6.04 Å². The highest BCUT2D eigenvalue weighted by molar-refractivity contribution is 6.37. The Balaban J connectivity index is 1.74. The zero-order valence-electron chi connectivity index (χ0n) is 18.1. The van der Waals surface area contributed by atoms with Gasteiger partial charge in [0.15, 0.2) is 5.78 Å². The molecule has 0 radical (unpaired) electrons. The molecule has 28 heavy (non-hydrogen) atoms. The van der Waals surface area contributed by atoms with Crippen LogP contribution in [0, 0.1) is 16.0 Å². The fraction of sp³-hybridized carbons (Fsp3) is 0.955. The predicted octanol–water partition coefficient (Wildman–Crippen LogP) is 5.08. The molecule has 1 aliphatic carbocycles. The summed E-state index contributed by atoms with van der Waals surface area (Å²) in [5.41, 5.74) is 0.754. The van der Waals surface area contributed by atoms with Crippen molar-refractivity contribution in [3.63, 3.8) is 0 Å². The van der Waals surface area contributed by atoms with Crippen molar-refractivity contribution in [2.45, 2.75) is 127 Å². The molecule has 0 spiro atoms. The first kappa shape index (κ1) is 23.5. The highest BCUT2D eigenvalue weighted by Crippen LogP contribution is 2.44. The van der Waals surface area contributed by atoms with Crippen LogP contribution < -0.4 is 0 Å². The van der Waals surface area contributed by atoms with E-state index >= 15 is 0 Å². The van der Waals surface area contributed by atoms with E-state index in [0.29, 0.717) is 31.3 Å². The number of nitro groups is 1. The summed E-state index contributed by atoms with van der Waals surface area (Å²) in [4.78, 5) is 24.0. The smallest absolute Gasteiger partial charge is 0.213 e. The molecule has 0 amide bonds. The van der Waals surface area contributed by atoms with Gasteiger partial charge in [0.1, 0.15) is 6.10 Å². The van der Waals surface area contributed by atoms with E-state index in [0.717, 1.165) is 37.6 Å². The van der Waals surface area contributed by atoms with E-state index in [4.69, 9.17) is 4.74 Å². The Kier molecular flexibility index (Phi) is 10.7. The molecule has 5 nitrogen and oxygen atoms in total. The quantitative estimate of drug-likeness (QED) is 0.163. The number of nitrogens with zero attached hydrogens (tertiary/aromatic N) is 1. The summed E-state index contributed by atoms with van der Waals surface area (Å²) in [5.74, 6) is 0.501. The number of fused-ring (bicyclic) bond motifs is 3. The summed E-state index contributed by atoms with van der Waals surface area (Å²) in [5, 5.41) is 11.4. The molecule has 2 heterocycles. The molecule has 0 N–H and O–H groups in total. The third-order valence-corrected chi connectivity index (χ3v) is 9.37. The van der Waals surface area contributed by atoms with Gasteiger partial charge in [-0.25, -0.2) is 0 Å². The molecule has 5 unspecified atom stereocenters. The van der Waals surface area contributed by atoms with Gasteiger partial charge < -0.3 is 4.74 Å². The predicted molar refractivity (Wildman–Crippen MR) is 116 cm³/mol. The van der Waals surface area contributed by atoms with Crippen LogP contribution in [0.5, 0.6) is 0 Å². The fourth-order valence-electron chi connectivity index (χ4n) is 5.11. The lowest BCUT2D eigenvalue weighted by Gasteiger charge is -2.47. The van der Waals surface area contributed by atoms with Gasteiger partial charge in [0.2, 0.25) is 6.04 Å². The van der Waals surface area contributed by atoms with E-state index in [1.165, 1.54) is 38.1 Å². The Bertz CT molecular complexity index is 487. The molecule has 2 aliphatic heterocycles. The molecule has 6 heteroatoms. The fourth-order valence-corrected chi connectivity index (χ4v) is 7.81. The number of hydrogen-bond donors (Lipinski definition) is 0. The number of ketones is 1. The number of unbranched alkanes of at least 4 members (excludes halogenated alkanes) is 5. The lowest BCUT2D eigenvalue weighted by Crippen LogP contribution is -2.49. The summed E-state index contributed by atoms with van der Waals surface area (Å²) in [6.07, 6.45) is 12.8. The van der Waals surface area contributed by atoms with Gasteiger partial charge in [0, 0.05) is 33.7 Å². The van der Waals surface area contributed by atoms with Gasteiger partial charge in [-0.2, -0.15) is 0 Å². The van der Waals surface area contributed by atoms with E-state index in [1.54, 1.807) is 0 Å². The Morgan fingerprint density at radius 1 is 1.11 bits per heavy atom. The first-order chi connectivity index (χ1) is 13.6. The second-order valence-electron chi connectivity index (χ2n) is 9.07. The third-order valence-electron chi connectivity index (χ3n) is 6.86. The van der Waals surface area contributed by atoms with Crippen LogP contribution in [0.15, 0.2) is 0 Å². The Hall–Kier alpha value is -0.753. The molecule has 3 fully saturated rings. The topological polar surface area (TPSA) is 69.4 Å². The van der Waals surface area contributed by atoms with Gasteiger partial charge >= 0.3 is 0 Å². The summed E-state index contributed by atoms with van der Waals surface area (Å²) in [6.45, 7) is 4.41. The SMILES string of the molecule is CCCCCCCC(CCC(=O)C1OC2CCC1CC2[SiH2]CCCC)[N+](=O)[O-]. The van der Waals surface area contributed by atoms with Gasteiger partial charge in [-0.3, -0.25) is 14.9 Å². The maximum atomic E-state index is 12.8. The van der Waals surface area contributed by atoms with E-state index in [2.05, 4.69) is 13.8 Å². The molecular weight excluding hydrogens is 370 g/mol. The lowest BCUT2D eigenvalue weighted by molar-refractivity contribution is -0.524. The normalized spacial score (nSPS) is 28.1. The van der Waals surface area contributed by atoms with E-state index in [-0.39, 0.29) is 26.3 Å². The summed E-state index contributed by atoms with van der Waals surface area (Å²) >= 11 is 0. The van der Waals surface area contributed by atoms with Crippen LogP contribution >= 0.6 is 0 Å². The van der Waals surface area contributed by atoms with Crippen molar-refractivity contribution in [3.8, 4) is 0 Å². The molecule has 3 aliphatic rings. The maximum Gasteiger partial charge on any atom is 0.213 e. The second kappa shape index (κ2) is 12.7. The monoisotopic (exact) mass is 411 g/mol. The van der Waals surface area contributed by atoms with Crippen LogP contribution in [0.3, 0.4) is 0 Å². The minimum Gasteiger partial charge on any atom is -0.367 e. The van der Waals surface area contributed by atoms with Crippen molar-refractivity contribution in [3.05, 3.63) is 10.1 Å². The van der Waals surface area contributed by atoms with Gasteiger partial charge in [-0.05, 0) is 37.1 Å². The third kappa shape index (κ3) is 7.25. The first-order valence-electron chi connectivity index (χ1n) is 11.9. The van der Waals surface area contributed by atoms with E-state index in [1.807, 2.05) is 0 Å². The number of ether oxygens (including phenoxy) is 1. The van der Waals surface area contributed by atoms with Crippen LogP contribution in [0.2, 0.25) is 11.6 Å². The van der Waals surface area contributed by atoms with Gasteiger partial charge in [-0.1, -0.05) is 58.4 Å². The molecule has 2 saturated heterocycles. The number of hydrogen-bond acceptors (Lipinski definition) is 4. The summed E-state index contributed by atoms with van der Waals surface area (Å²) in [7, 11) is -0.0976. The van der Waals surface area contributed by atoms with Crippen LogP contribution in [0.4, 0.5) is 0 Å². The Labute approximate surface area is 173 Å². The minimum absolute atomic E-state index is 0.0976. The standard InChI is InChI=1S/C22H41NO4Si/c1-3-5-7-8-9-10-18(23(25)26)12-13-19(24)22-17-11-14-20(27-22)21(16-17)28-15-6-4-2/h17-18,20-22H,3-16,28H2,1-2H3. The minimum atomic E-state index is -0.569. The van der Waals surface area contributed by atoms with Gasteiger partial charge in [-0.15, -0.1) is 0 Å². The Morgan fingerprint density at radius 3 is 2.50 bits per heavy atom. The van der Waals surface area contributed by atoms with Crippen LogP contribution in [0.1, 0.15) is 97.3 Å². The van der Waals surface area contributed by atoms with Crippen molar-refractivity contribution in [2.75, 3.05) is 0 Å². The van der Waals surface area contributed by atoms with Crippen molar-refractivity contribution < 1.29 is 14.5 Å². The molecule has 3 rings (SSSR count). The highest BCUT2D eigenvalue weighted by atomic mass is 28.2. The first-order valence-corrected chi connectivity index (χ1v) is 13.7. The van der Waals surface area contributed by atoms with Crippen LogP contribution in [0.25, 0.3) is 0 Å². The Morgan fingerprint density at radius 2 is 1.86 bits per heavy atom. The van der Waals surface area contributed by atoms with Crippen molar-refractivity contribution in [1.29, 1.82) is 0 Å². The van der Waals surface area contributed by atoms with E-state index in [9.17, 15) is 14.9 Å². The molecule has 1 saturated carbocycles. The summed E-state index contributed by atoms with van der Waals surface area (Å²) < 4.78 is 6.22. The molecule has 5 atom stereocenters. The second-order valence-corrected chi connectivity index (χ2v) is 11.4. The molecule has 0 aromatic rings.